The van der Waals surface area contributed by atoms with E-state index < -0.39 is 11.7 Å². The van der Waals surface area contributed by atoms with Gasteiger partial charge >= 0.3 is 6.09 Å². The van der Waals surface area contributed by atoms with E-state index in [0.717, 1.165) is 25.7 Å². The van der Waals surface area contributed by atoms with Crippen LogP contribution in [-0.4, -0.2) is 34.7 Å². The fraction of sp³-hybridized carbons (Fsp3) is 0.625. The molecule has 1 saturated carbocycles. The molecule has 2 amide bonds. The molecule has 2 rings (SSSR count). The van der Waals surface area contributed by atoms with Gasteiger partial charge in [-0.3, -0.25) is 4.79 Å². The van der Waals surface area contributed by atoms with E-state index in [1.54, 1.807) is 18.5 Å². The highest BCUT2D eigenvalue weighted by Gasteiger charge is 2.26. The van der Waals surface area contributed by atoms with Gasteiger partial charge in [0.15, 0.2) is 0 Å². The van der Waals surface area contributed by atoms with Crippen LogP contribution in [0.2, 0.25) is 0 Å². The van der Waals surface area contributed by atoms with Crippen LogP contribution in [0.5, 0.6) is 0 Å². The van der Waals surface area contributed by atoms with Crippen molar-refractivity contribution in [2.24, 2.45) is 0 Å². The standard InChI is InChI=1S/C16H25N3O3/c1-16(2,3)22-15(21)19-13-6-4-5-12(9-13)18-14(20)11-7-8-17-10-11/h7-8,10,12-13,17H,4-6,9H2,1-3H3,(H,18,20)(H,19,21)/t12-,13-/m0/s1. The Labute approximate surface area is 131 Å². The van der Waals surface area contributed by atoms with Crippen LogP contribution < -0.4 is 10.6 Å². The molecule has 0 aromatic carbocycles. The van der Waals surface area contributed by atoms with Crippen molar-refractivity contribution in [3.05, 3.63) is 24.0 Å². The lowest BCUT2D eigenvalue weighted by molar-refractivity contribution is 0.0489. The minimum Gasteiger partial charge on any atom is -0.444 e. The number of aromatic nitrogens is 1. The Kier molecular flexibility index (Phi) is 5.11. The molecule has 0 aliphatic heterocycles. The maximum absolute atomic E-state index is 12.0. The molecule has 22 heavy (non-hydrogen) atoms. The quantitative estimate of drug-likeness (QED) is 0.802. The maximum Gasteiger partial charge on any atom is 0.407 e. The summed E-state index contributed by atoms with van der Waals surface area (Å²) in [6, 6.07) is 1.87. The Balaban J connectivity index is 1.81. The number of rotatable bonds is 3. The van der Waals surface area contributed by atoms with E-state index in [9.17, 15) is 9.59 Å². The molecule has 1 aromatic rings. The van der Waals surface area contributed by atoms with Crippen molar-refractivity contribution in [2.75, 3.05) is 0 Å². The number of nitrogens with one attached hydrogen (secondary N) is 3. The Morgan fingerprint density at radius 3 is 2.50 bits per heavy atom. The first-order valence-corrected chi connectivity index (χ1v) is 7.76. The van der Waals surface area contributed by atoms with Crippen LogP contribution in [0.25, 0.3) is 0 Å². The van der Waals surface area contributed by atoms with Crippen LogP contribution in [0.3, 0.4) is 0 Å². The SMILES string of the molecule is CC(C)(C)OC(=O)N[C@H]1CCC[C@H](NC(=O)c2cc[nH]c2)C1. The molecule has 6 nitrogen and oxygen atoms in total. The smallest absolute Gasteiger partial charge is 0.407 e. The van der Waals surface area contributed by atoms with Crippen LogP contribution in [0.1, 0.15) is 56.8 Å². The van der Waals surface area contributed by atoms with Crippen LogP contribution in [0.4, 0.5) is 4.79 Å². The fourth-order valence-corrected chi connectivity index (χ4v) is 2.66. The van der Waals surface area contributed by atoms with Gasteiger partial charge in [0.1, 0.15) is 5.60 Å². The van der Waals surface area contributed by atoms with Gasteiger partial charge in [-0.15, -0.1) is 0 Å². The normalized spacial score (nSPS) is 22.0. The molecule has 0 bridgehead atoms. The lowest BCUT2D eigenvalue weighted by Gasteiger charge is -2.31. The van der Waals surface area contributed by atoms with Gasteiger partial charge in [-0.2, -0.15) is 0 Å². The minimum absolute atomic E-state index is 0.0418. The fourth-order valence-electron chi connectivity index (χ4n) is 2.66. The van der Waals surface area contributed by atoms with Crippen molar-refractivity contribution < 1.29 is 14.3 Å². The van der Waals surface area contributed by atoms with Crippen molar-refractivity contribution in [1.82, 2.24) is 15.6 Å². The summed E-state index contributed by atoms with van der Waals surface area (Å²) >= 11 is 0. The van der Waals surface area contributed by atoms with E-state index in [1.165, 1.54) is 0 Å². The number of carbonyl (C=O) groups is 2. The monoisotopic (exact) mass is 307 g/mol. The molecular weight excluding hydrogens is 282 g/mol. The second kappa shape index (κ2) is 6.85. The topological polar surface area (TPSA) is 83.2 Å². The molecule has 1 heterocycles. The molecule has 2 atom stereocenters. The summed E-state index contributed by atoms with van der Waals surface area (Å²) in [4.78, 5) is 26.7. The summed E-state index contributed by atoms with van der Waals surface area (Å²) in [6.07, 6.45) is 6.55. The third-order valence-electron chi connectivity index (χ3n) is 3.59. The van der Waals surface area contributed by atoms with Gasteiger partial charge in [0, 0.05) is 24.5 Å². The van der Waals surface area contributed by atoms with Gasteiger partial charge in [-0.05, 0) is 52.5 Å². The molecule has 0 radical (unpaired) electrons. The van der Waals surface area contributed by atoms with Gasteiger partial charge in [0.25, 0.3) is 5.91 Å². The molecule has 0 unspecified atom stereocenters. The van der Waals surface area contributed by atoms with Gasteiger partial charge in [-0.1, -0.05) is 0 Å². The number of aromatic amines is 1. The first-order chi connectivity index (χ1) is 10.3. The highest BCUT2D eigenvalue weighted by Crippen LogP contribution is 2.19. The van der Waals surface area contributed by atoms with Crippen LogP contribution in [0.15, 0.2) is 18.5 Å². The summed E-state index contributed by atoms with van der Waals surface area (Å²) in [5, 5.41) is 5.92. The molecule has 1 aromatic heterocycles. The molecule has 0 saturated heterocycles. The van der Waals surface area contributed by atoms with Crippen molar-refractivity contribution >= 4 is 12.0 Å². The van der Waals surface area contributed by atoms with Crippen LogP contribution >= 0.6 is 0 Å². The molecule has 3 N–H and O–H groups in total. The molecule has 6 heteroatoms. The lowest BCUT2D eigenvalue weighted by atomic mass is 9.91. The second-order valence-electron chi connectivity index (χ2n) is 6.78. The Morgan fingerprint density at radius 1 is 1.23 bits per heavy atom. The molecule has 1 aliphatic rings. The maximum atomic E-state index is 12.0. The van der Waals surface area contributed by atoms with Crippen molar-refractivity contribution in [2.45, 2.75) is 64.1 Å². The molecule has 0 spiro atoms. The highest BCUT2D eigenvalue weighted by molar-refractivity contribution is 5.94. The predicted molar refractivity (Wildman–Crippen MR) is 83.7 cm³/mol. The number of H-pyrrole nitrogens is 1. The van der Waals surface area contributed by atoms with Crippen LogP contribution in [0, 0.1) is 0 Å². The largest absolute Gasteiger partial charge is 0.444 e. The Bertz CT molecular complexity index is 505. The zero-order valence-corrected chi connectivity index (χ0v) is 13.4. The highest BCUT2D eigenvalue weighted by atomic mass is 16.6. The predicted octanol–water partition coefficient (Wildman–Crippen LogP) is 2.58. The first-order valence-electron chi connectivity index (χ1n) is 7.76. The van der Waals surface area contributed by atoms with E-state index in [4.69, 9.17) is 4.74 Å². The van der Waals surface area contributed by atoms with E-state index in [2.05, 4.69) is 15.6 Å². The Hall–Kier alpha value is -1.98. The second-order valence-corrected chi connectivity index (χ2v) is 6.78. The summed E-state index contributed by atoms with van der Waals surface area (Å²) in [5.41, 5.74) is 0.128. The first kappa shape index (κ1) is 16.4. The summed E-state index contributed by atoms with van der Waals surface area (Å²) in [5.74, 6) is -0.0795. The molecule has 1 fully saturated rings. The molecule has 1 aliphatic carbocycles. The number of hydrogen-bond donors (Lipinski definition) is 3. The third kappa shape index (κ3) is 5.09. The average molecular weight is 307 g/mol. The number of hydrogen-bond acceptors (Lipinski definition) is 3. The van der Waals surface area contributed by atoms with Gasteiger partial charge in [0.2, 0.25) is 0 Å². The van der Waals surface area contributed by atoms with Gasteiger partial charge in [-0.25, -0.2) is 4.79 Å². The summed E-state index contributed by atoms with van der Waals surface area (Å²) in [6.45, 7) is 5.52. The van der Waals surface area contributed by atoms with Gasteiger partial charge in [0.05, 0.1) is 5.56 Å². The van der Waals surface area contributed by atoms with E-state index in [0.29, 0.717) is 5.56 Å². The number of carbonyl (C=O) groups excluding carboxylic acids is 2. The van der Waals surface area contributed by atoms with E-state index in [1.807, 2.05) is 20.8 Å². The third-order valence-corrected chi connectivity index (χ3v) is 3.59. The number of alkyl carbamates (subject to hydrolysis) is 1. The minimum atomic E-state index is -0.499. The van der Waals surface area contributed by atoms with Crippen molar-refractivity contribution in [1.29, 1.82) is 0 Å². The van der Waals surface area contributed by atoms with E-state index in [-0.39, 0.29) is 18.0 Å². The zero-order chi connectivity index (χ0) is 16.2. The zero-order valence-electron chi connectivity index (χ0n) is 13.4. The summed E-state index contributed by atoms with van der Waals surface area (Å²) in [7, 11) is 0. The van der Waals surface area contributed by atoms with Crippen molar-refractivity contribution in [3.63, 3.8) is 0 Å². The van der Waals surface area contributed by atoms with Crippen LogP contribution in [-0.2, 0) is 4.74 Å². The van der Waals surface area contributed by atoms with Gasteiger partial charge < -0.3 is 20.4 Å². The summed E-state index contributed by atoms with van der Waals surface area (Å²) < 4.78 is 5.27. The lowest BCUT2D eigenvalue weighted by Crippen LogP contribution is -2.46. The number of amides is 2. The number of ether oxygens (including phenoxy) is 1. The molecular formula is C16H25N3O3. The van der Waals surface area contributed by atoms with E-state index >= 15 is 0 Å². The molecule has 122 valence electrons. The Morgan fingerprint density at radius 2 is 1.91 bits per heavy atom. The average Bonchev–Trinajstić information content (AvgIpc) is 2.90. The van der Waals surface area contributed by atoms with Crippen molar-refractivity contribution in [3.8, 4) is 0 Å².